The predicted molar refractivity (Wildman–Crippen MR) is 62.2 cm³/mol. The molecular formula is C12H15N3O. The SMILES string of the molecule is CNCc1ccnn1Cc1ccc(O)cc1. The van der Waals surface area contributed by atoms with Crippen LogP contribution in [0.5, 0.6) is 5.75 Å². The molecule has 0 saturated carbocycles. The maximum absolute atomic E-state index is 9.19. The molecule has 1 heterocycles. The zero-order chi connectivity index (χ0) is 11.4. The molecule has 2 aromatic rings. The van der Waals surface area contributed by atoms with Gasteiger partial charge in [0, 0.05) is 12.7 Å². The topological polar surface area (TPSA) is 50.1 Å². The van der Waals surface area contributed by atoms with Gasteiger partial charge in [-0.05, 0) is 30.8 Å². The normalized spacial score (nSPS) is 10.6. The lowest BCUT2D eigenvalue weighted by molar-refractivity contribution is 0.475. The molecule has 0 aliphatic heterocycles. The van der Waals surface area contributed by atoms with Crippen LogP contribution < -0.4 is 5.32 Å². The highest BCUT2D eigenvalue weighted by Gasteiger charge is 2.02. The molecule has 0 radical (unpaired) electrons. The number of phenolic OH excluding ortho intramolecular Hbond substituents is 1. The van der Waals surface area contributed by atoms with Crippen LogP contribution in [-0.4, -0.2) is 21.9 Å². The van der Waals surface area contributed by atoms with Crippen LogP contribution in [0.1, 0.15) is 11.3 Å². The fraction of sp³-hybridized carbons (Fsp3) is 0.250. The summed E-state index contributed by atoms with van der Waals surface area (Å²) in [7, 11) is 1.91. The van der Waals surface area contributed by atoms with E-state index in [0.29, 0.717) is 5.75 Å². The highest BCUT2D eigenvalue weighted by molar-refractivity contribution is 5.26. The lowest BCUT2D eigenvalue weighted by Crippen LogP contribution is -2.12. The van der Waals surface area contributed by atoms with E-state index < -0.39 is 0 Å². The largest absolute Gasteiger partial charge is 0.508 e. The van der Waals surface area contributed by atoms with Gasteiger partial charge >= 0.3 is 0 Å². The summed E-state index contributed by atoms with van der Waals surface area (Å²) in [6, 6.07) is 9.18. The number of rotatable bonds is 4. The minimum absolute atomic E-state index is 0.291. The number of nitrogens with zero attached hydrogens (tertiary/aromatic N) is 2. The van der Waals surface area contributed by atoms with Crippen molar-refractivity contribution in [1.29, 1.82) is 0 Å². The standard InChI is InChI=1S/C12H15N3O/c1-13-8-11-6-7-14-15(11)9-10-2-4-12(16)5-3-10/h2-7,13,16H,8-9H2,1H3. The molecule has 2 rings (SSSR count). The monoisotopic (exact) mass is 217 g/mol. The fourth-order valence-corrected chi connectivity index (χ4v) is 1.61. The predicted octanol–water partition coefficient (Wildman–Crippen LogP) is 1.36. The smallest absolute Gasteiger partial charge is 0.115 e. The van der Waals surface area contributed by atoms with E-state index in [9.17, 15) is 5.11 Å². The Morgan fingerprint density at radius 3 is 2.69 bits per heavy atom. The number of phenols is 1. The lowest BCUT2D eigenvalue weighted by Gasteiger charge is -2.07. The summed E-state index contributed by atoms with van der Waals surface area (Å²) in [6.45, 7) is 1.53. The number of aromatic nitrogens is 2. The van der Waals surface area contributed by atoms with Crippen LogP contribution in [0.2, 0.25) is 0 Å². The number of nitrogens with one attached hydrogen (secondary N) is 1. The van der Waals surface area contributed by atoms with Crippen LogP contribution in [0, 0.1) is 0 Å². The van der Waals surface area contributed by atoms with Crippen LogP contribution in [0.15, 0.2) is 36.5 Å². The van der Waals surface area contributed by atoms with E-state index in [1.54, 1.807) is 18.3 Å². The van der Waals surface area contributed by atoms with Crippen molar-refractivity contribution in [2.75, 3.05) is 7.05 Å². The first-order chi connectivity index (χ1) is 7.79. The molecular weight excluding hydrogens is 202 g/mol. The zero-order valence-corrected chi connectivity index (χ0v) is 9.22. The van der Waals surface area contributed by atoms with E-state index in [0.717, 1.165) is 24.3 Å². The molecule has 1 aromatic carbocycles. The van der Waals surface area contributed by atoms with Crippen LogP contribution >= 0.6 is 0 Å². The molecule has 0 spiro atoms. The van der Waals surface area contributed by atoms with Gasteiger partial charge in [-0.2, -0.15) is 5.10 Å². The van der Waals surface area contributed by atoms with Gasteiger partial charge in [0.15, 0.2) is 0 Å². The molecule has 16 heavy (non-hydrogen) atoms. The Hall–Kier alpha value is -1.81. The van der Waals surface area contributed by atoms with Crippen molar-refractivity contribution in [2.24, 2.45) is 0 Å². The number of hydrogen-bond donors (Lipinski definition) is 2. The summed E-state index contributed by atoms with van der Waals surface area (Å²) in [4.78, 5) is 0. The molecule has 0 saturated heterocycles. The van der Waals surface area contributed by atoms with Crippen molar-refractivity contribution in [3.05, 3.63) is 47.8 Å². The minimum atomic E-state index is 0.291. The molecule has 4 heteroatoms. The summed E-state index contributed by atoms with van der Waals surface area (Å²) in [6.07, 6.45) is 1.80. The number of hydrogen-bond acceptors (Lipinski definition) is 3. The van der Waals surface area contributed by atoms with Crippen LogP contribution in [-0.2, 0) is 13.1 Å². The van der Waals surface area contributed by atoms with Gasteiger partial charge in [0.25, 0.3) is 0 Å². The van der Waals surface area contributed by atoms with Crippen molar-refractivity contribution in [2.45, 2.75) is 13.1 Å². The Labute approximate surface area is 94.5 Å². The Kier molecular flexibility index (Phi) is 3.22. The summed E-state index contributed by atoms with van der Waals surface area (Å²) < 4.78 is 1.95. The Bertz CT molecular complexity index is 448. The summed E-state index contributed by atoms with van der Waals surface area (Å²) in [5.41, 5.74) is 2.27. The second-order valence-electron chi connectivity index (χ2n) is 3.68. The van der Waals surface area contributed by atoms with Gasteiger partial charge in [-0.3, -0.25) is 4.68 Å². The number of aromatic hydroxyl groups is 1. The van der Waals surface area contributed by atoms with Gasteiger partial charge in [-0.1, -0.05) is 12.1 Å². The first-order valence-corrected chi connectivity index (χ1v) is 5.23. The fourth-order valence-electron chi connectivity index (χ4n) is 1.61. The summed E-state index contributed by atoms with van der Waals surface area (Å²) in [5, 5.41) is 16.6. The first-order valence-electron chi connectivity index (χ1n) is 5.23. The van der Waals surface area contributed by atoms with Gasteiger partial charge in [0.2, 0.25) is 0 Å². The van der Waals surface area contributed by atoms with Crippen LogP contribution in [0.25, 0.3) is 0 Å². The summed E-state index contributed by atoms with van der Waals surface area (Å²) >= 11 is 0. The average molecular weight is 217 g/mol. The molecule has 0 bridgehead atoms. The molecule has 0 fully saturated rings. The van der Waals surface area contributed by atoms with Gasteiger partial charge in [-0.25, -0.2) is 0 Å². The molecule has 0 aliphatic rings. The Morgan fingerprint density at radius 2 is 2.00 bits per heavy atom. The molecule has 1 aromatic heterocycles. The van der Waals surface area contributed by atoms with Crippen LogP contribution in [0.3, 0.4) is 0 Å². The lowest BCUT2D eigenvalue weighted by atomic mass is 10.2. The van der Waals surface area contributed by atoms with E-state index in [2.05, 4.69) is 10.4 Å². The molecule has 0 amide bonds. The summed E-state index contributed by atoms with van der Waals surface area (Å²) in [5.74, 6) is 0.291. The molecule has 2 N–H and O–H groups in total. The van der Waals surface area contributed by atoms with Crippen molar-refractivity contribution < 1.29 is 5.11 Å². The third-order valence-electron chi connectivity index (χ3n) is 2.43. The van der Waals surface area contributed by atoms with E-state index in [1.807, 2.05) is 29.9 Å². The van der Waals surface area contributed by atoms with Crippen molar-refractivity contribution in [1.82, 2.24) is 15.1 Å². The van der Waals surface area contributed by atoms with Crippen molar-refractivity contribution >= 4 is 0 Å². The van der Waals surface area contributed by atoms with Gasteiger partial charge in [-0.15, -0.1) is 0 Å². The second kappa shape index (κ2) is 4.81. The molecule has 0 atom stereocenters. The maximum Gasteiger partial charge on any atom is 0.115 e. The highest BCUT2D eigenvalue weighted by atomic mass is 16.3. The quantitative estimate of drug-likeness (QED) is 0.813. The average Bonchev–Trinajstić information content (AvgIpc) is 2.70. The third kappa shape index (κ3) is 2.41. The Balaban J connectivity index is 2.13. The number of benzene rings is 1. The zero-order valence-electron chi connectivity index (χ0n) is 9.22. The van der Waals surface area contributed by atoms with E-state index in [4.69, 9.17) is 0 Å². The highest BCUT2D eigenvalue weighted by Crippen LogP contribution is 2.11. The second-order valence-corrected chi connectivity index (χ2v) is 3.68. The third-order valence-corrected chi connectivity index (χ3v) is 2.43. The first kappa shape index (κ1) is 10.7. The molecule has 0 unspecified atom stereocenters. The Morgan fingerprint density at radius 1 is 1.25 bits per heavy atom. The molecule has 0 aliphatic carbocycles. The van der Waals surface area contributed by atoms with E-state index in [-0.39, 0.29) is 0 Å². The van der Waals surface area contributed by atoms with Crippen molar-refractivity contribution in [3.63, 3.8) is 0 Å². The van der Waals surface area contributed by atoms with Crippen molar-refractivity contribution in [3.8, 4) is 5.75 Å². The molecule has 84 valence electrons. The maximum atomic E-state index is 9.19. The van der Waals surface area contributed by atoms with Crippen LogP contribution in [0.4, 0.5) is 0 Å². The van der Waals surface area contributed by atoms with Gasteiger partial charge in [0.1, 0.15) is 5.75 Å². The minimum Gasteiger partial charge on any atom is -0.508 e. The van der Waals surface area contributed by atoms with E-state index in [1.165, 1.54) is 0 Å². The van der Waals surface area contributed by atoms with Gasteiger partial charge in [0.05, 0.1) is 12.2 Å². The van der Waals surface area contributed by atoms with Gasteiger partial charge < -0.3 is 10.4 Å². The van der Waals surface area contributed by atoms with E-state index >= 15 is 0 Å². The molecule has 4 nitrogen and oxygen atoms in total.